The molecule has 0 spiro atoms. The molecule has 0 saturated heterocycles. The lowest BCUT2D eigenvalue weighted by atomic mass is 10.1. The molecule has 2 aromatic heterocycles. The van der Waals surface area contributed by atoms with Crippen LogP contribution >= 0.6 is 0 Å². The summed E-state index contributed by atoms with van der Waals surface area (Å²) in [6, 6.07) is 10.8. The minimum Gasteiger partial charge on any atom is -0.444 e. The molecule has 4 aromatic rings. The molecule has 0 radical (unpaired) electrons. The molecule has 0 bridgehead atoms. The van der Waals surface area contributed by atoms with Crippen LogP contribution in [-0.2, 0) is 11.8 Å². The van der Waals surface area contributed by atoms with Gasteiger partial charge in [0, 0.05) is 24.3 Å². The second kappa shape index (κ2) is 10.1. The van der Waals surface area contributed by atoms with Gasteiger partial charge in [-0.15, -0.1) is 0 Å². The lowest BCUT2D eigenvalue weighted by Gasteiger charge is -2.21. The Balaban J connectivity index is 1.79. The number of ether oxygens (including phenoxy) is 1. The second-order valence-corrected chi connectivity index (χ2v) is 11.4. The number of fused-ring (bicyclic) bond motifs is 1. The van der Waals surface area contributed by atoms with Gasteiger partial charge in [-0.25, -0.2) is 14.0 Å². The third kappa shape index (κ3) is 5.27. The zero-order valence-electron chi connectivity index (χ0n) is 23.8. The fourth-order valence-electron chi connectivity index (χ4n) is 4.85. The van der Waals surface area contributed by atoms with Crippen molar-refractivity contribution >= 4 is 34.2 Å². The summed E-state index contributed by atoms with van der Waals surface area (Å²) in [6.45, 7) is 8.52. The number of nitrogens with one attached hydrogen (secondary N) is 2. The number of carbonyl (C=O) groups is 1. The molecule has 11 heteroatoms. The number of hydrogen-bond donors (Lipinski definition) is 2. The Morgan fingerprint density at radius 1 is 1.02 bits per heavy atom. The van der Waals surface area contributed by atoms with Crippen LogP contribution in [0.4, 0.5) is 26.4 Å². The van der Waals surface area contributed by atoms with Gasteiger partial charge in [0.05, 0.1) is 16.9 Å². The molecule has 0 unspecified atom stereocenters. The van der Waals surface area contributed by atoms with Crippen molar-refractivity contribution in [3.8, 4) is 5.69 Å². The molecule has 5 rings (SSSR count). The van der Waals surface area contributed by atoms with Crippen LogP contribution in [-0.4, -0.2) is 25.4 Å². The SMILES string of the molecule is Cc1ccc(Nc2c3c(=O)n(C4CC4)c(=O)n(-c4cccc(NC(=O)OC(C)(C)C)c4)c3c(C)c(=O)n2C)c(F)c1. The average molecular weight is 562 g/mol. The van der Waals surface area contributed by atoms with Crippen molar-refractivity contribution in [2.45, 2.75) is 59.1 Å². The van der Waals surface area contributed by atoms with Crippen LogP contribution in [0.15, 0.2) is 56.8 Å². The molecule has 2 N–H and O–H groups in total. The molecule has 10 nitrogen and oxygen atoms in total. The van der Waals surface area contributed by atoms with Gasteiger partial charge < -0.3 is 10.1 Å². The van der Waals surface area contributed by atoms with E-state index < -0.39 is 34.3 Å². The minimum atomic E-state index is -0.716. The summed E-state index contributed by atoms with van der Waals surface area (Å²) in [5.41, 5.74) is -0.628. The first-order chi connectivity index (χ1) is 19.3. The summed E-state index contributed by atoms with van der Waals surface area (Å²) >= 11 is 0. The Hall–Kier alpha value is -4.67. The van der Waals surface area contributed by atoms with Crippen LogP contribution < -0.4 is 27.4 Å². The van der Waals surface area contributed by atoms with Crippen molar-refractivity contribution in [3.63, 3.8) is 0 Å². The highest BCUT2D eigenvalue weighted by atomic mass is 19.1. The van der Waals surface area contributed by atoms with Gasteiger partial charge in [-0.2, -0.15) is 0 Å². The number of anilines is 3. The third-order valence-electron chi connectivity index (χ3n) is 6.88. The van der Waals surface area contributed by atoms with Gasteiger partial charge in [0.25, 0.3) is 11.1 Å². The maximum atomic E-state index is 14.9. The second-order valence-electron chi connectivity index (χ2n) is 11.4. The number of amides is 1. The summed E-state index contributed by atoms with van der Waals surface area (Å²) in [7, 11) is 1.49. The Morgan fingerprint density at radius 3 is 2.37 bits per heavy atom. The standard InChI is InChI=1S/C30H32FN5O5/c1-16-10-13-22(21(31)14-16)33-25-23-24(17(2)26(37)34(25)6)35(29(40)36(27(23)38)19-11-12-19)20-9-7-8-18(15-20)32-28(39)41-30(3,4)5/h7-10,13-15,19,33H,11-12H2,1-6H3,(H,32,39). The quantitative estimate of drug-likeness (QED) is 0.353. The van der Waals surface area contributed by atoms with Gasteiger partial charge in [0.2, 0.25) is 0 Å². The first-order valence-corrected chi connectivity index (χ1v) is 13.3. The number of nitrogens with zero attached hydrogens (tertiary/aromatic N) is 3. The Kier molecular flexibility index (Phi) is 6.84. The summed E-state index contributed by atoms with van der Waals surface area (Å²) < 4.78 is 24.0. The van der Waals surface area contributed by atoms with E-state index in [1.165, 1.54) is 32.9 Å². The van der Waals surface area contributed by atoms with E-state index in [1.54, 1.807) is 65.0 Å². The molecule has 2 aromatic carbocycles. The van der Waals surface area contributed by atoms with Gasteiger partial charge in [-0.1, -0.05) is 12.1 Å². The maximum absolute atomic E-state index is 14.9. The molecule has 214 valence electrons. The molecule has 1 aliphatic carbocycles. The van der Waals surface area contributed by atoms with E-state index in [0.29, 0.717) is 29.8 Å². The van der Waals surface area contributed by atoms with Crippen LogP contribution in [0.5, 0.6) is 0 Å². The fourth-order valence-corrected chi connectivity index (χ4v) is 4.85. The Labute approximate surface area is 235 Å². The number of rotatable bonds is 5. The fraction of sp³-hybridized carbons (Fsp3) is 0.333. The summed E-state index contributed by atoms with van der Waals surface area (Å²) in [5.74, 6) is -0.488. The zero-order chi connectivity index (χ0) is 29.8. The first kappa shape index (κ1) is 27.9. The maximum Gasteiger partial charge on any atom is 0.412 e. The number of pyridine rings is 1. The molecule has 2 heterocycles. The summed E-state index contributed by atoms with van der Waals surface area (Å²) in [5, 5.41) is 5.68. The van der Waals surface area contributed by atoms with Gasteiger partial charge in [0.15, 0.2) is 0 Å². The Morgan fingerprint density at radius 2 is 1.73 bits per heavy atom. The van der Waals surface area contributed by atoms with Crippen molar-refractivity contribution in [2.75, 3.05) is 10.6 Å². The Bertz CT molecular complexity index is 1890. The first-order valence-electron chi connectivity index (χ1n) is 13.3. The molecular formula is C30H32FN5O5. The van der Waals surface area contributed by atoms with Crippen LogP contribution in [0.25, 0.3) is 16.6 Å². The number of hydrogen-bond acceptors (Lipinski definition) is 6. The lowest BCUT2D eigenvalue weighted by Crippen LogP contribution is -2.41. The van der Waals surface area contributed by atoms with Crippen molar-refractivity contribution in [1.82, 2.24) is 13.7 Å². The largest absolute Gasteiger partial charge is 0.444 e. The molecule has 1 fully saturated rings. The highest BCUT2D eigenvalue weighted by Gasteiger charge is 2.31. The molecule has 1 amide bonds. The average Bonchev–Trinajstić information content (AvgIpc) is 3.71. The normalized spacial score (nSPS) is 13.3. The number of aromatic nitrogens is 3. The van der Waals surface area contributed by atoms with Gasteiger partial charge in [0.1, 0.15) is 22.6 Å². The number of aryl methyl sites for hydroxylation is 2. The van der Waals surface area contributed by atoms with Gasteiger partial charge >= 0.3 is 11.8 Å². The lowest BCUT2D eigenvalue weighted by molar-refractivity contribution is 0.0636. The molecule has 41 heavy (non-hydrogen) atoms. The van der Waals surface area contributed by atoms with E-state index >= 15 is 0 Å². The van der Waals surface area contributed by atoms with E-state index in [0.717, 1.165) is 0 Å². The molecule has 0 aliphatic heterocycles. The molecule has 0 atom stereocenters. The van der Waals surface area contributed by atoms with Crippen molar-refractivity contribution in [2.24, 2.45) is 7.05 Å². The third-order valence-corrected chi connectivity index (χ3v) is 6.88. The highest BCUT2D eigenvalue weighted by molar-refractivity contribution is 5.94. The summed E-state index contributed by atoms with van der Waals surface area (Å²) in [4.78, 5) is 53.8. The number of halogens is 1. The van der Waals surface area contributed by atoms with Crippen molar-refractivity contribution in [3.05, 3.63) is 90.6 Å². The van der Waals surface area contributed by atoms with E-state index in [1.807, 2.05) is 0 Å². The predicted octanol–water partition coefficient (Wildman–Crippen LogP) is 5.03. The van der Waals surface area contributed by atoms with E-state index in [-0.39, 0.29) is 34.0 Å². The molecule has 1 saturated carbocycles. The molecular weight excluding hydrogens is 529 g/mol. The number of carbonyl (C=O) groups excluding carboxylic acids is 1. The predicted molar refractivity (Wildman–Crippen MR) is 156 cm³/mol. The van der Waals surface area contributed by atoms with Crippen LogP contribution in [0, 0.1) is 19.7 Å². The van der Waals surface area contributed by atoms with E-state index in [9.17, 15) is 23.6 Å². The van der Waals surface area contributed by atoms with Crippen LogP contribution in [0.3, 0.4) is 0 Å². The highest BCUT2D eigenvalue weighted by Crippen LogP contribution is 2.34. The summed E-state index contributed by atoms with van der Waals surface area (Å²) in [6.07, 6.45) is 0.633. The van der Waals surface area contributed by atoms with E-state index in [4.69, 9.17) is 4.74 Å². The van der Waals surface area contributed by atoms with Gasteiger partial charge in [-0.05, 0) is 83.4 Å². The monoisotopic (exact) mass is 561 g/mol. The molecule has 1 aliphatic rings. The van der Waals surface area contributed by atoms with E-state index in [2.05, 4.69) is 10.6 Å². The van der Waals surface area contributed by atoms with Gasteiger partial charge in [-0.3, -0.25) is 28.6 Å². The zero-order valence-corrected chi connectivity index (χ0v) is 23.8. The van der Waals surface area contributed by atoms with Crippen molar-refractivity contribution < 1.29 is 13.9 Å². The van der Waals surface area contributed by atoms with Crippen LogP contribution in [0.1, 0.15) is 50.8 Å². The topological polar surface area (TPSA) is 116 Å². The van der Waals surface area contributed by atoms with Crippen LogP contribution in [0.2, 0.25) is 0 Å². The number of benzene rings is 2. The smallest absolute Gasteiger partial charge is 0.412 e. The minimum absolute atomic E-state index is 0.0644. The van der Waals surface area contributed by atoms with Crippen molar-refractivity contribution in [1.29, 1.82) is 0 Å².